The van der Waals surface area contributed by atoms with E-state index in [1.165, 1.54) is 0 Å². The summed E-state index contributed by atoms with van der Waals surface area (Å²) in [4.78, 5) is 14.5. The van der Waals surface area contributed by atoms with Crippen molar-refractivity contribution in [1.29, 1.82) is 0 Å². The first kappa shape index (κ1) is 17.1. The number of amides is 1. The van der Waals surface area contributed by atoms with Gasteiger partial charge in [0.1, 0.15) is 5.60 Å². The number of ether oxygens (including phenoxy) is 1. The zero-order chi connectivity index (χ0) is 16.0. The van der Waals surface area contributed by atoms with E-state index < -0.39 is 11.7 Å². The van der Waals surface area contributed by atoms with E-state index in [-0.39, 0.29) is 12.6 Å². The summed E-state index contributed by atoms with van der Waals surface area (Å²) in [5.74, 6) is 0. The Morgan fingerprint density at radius 1 is 1.52 bits per heavy atom. The number of nitrogens with one attached hydrogen (secondary N) is 1. The second-order valence-electron chi connectivity index (χ2n) is 5.58. The maximum atomic E-state index is 11.7. The van der Waals surface area contributed by atoms with Crippen molar-refractivity contribution < 1.29 is 9.53 Å². The molecule has 0 aliphatic heterocycles. The second-order valence-corrected chi connectivity index (χ2v) is 6.02. The summed E-state index contributed by atoms with van der Waals surface area (Å²) < 4.78 is 5.17. The lowest BCUT2D eigenvalue weighted by Crippen LogP contribution is -2.32. The molecule has 7 heteroatoms. The summed E-state index contributed by atoms with van der Waals surface area (Å²) in [6.07, 6.45) is -0.500. The highest BCUT2D eigenvalue weighted by molar-refractivity contribution is 6.30. The number of rotatable bonds is 4. The van der Waals surface area contributed by atoms with Crippen LogP contribution in [0.1, 0.15) is 44.9 Å². The molecule has 1 atom stereocenters. The Hall–Kier alpha value is -1.91. The maximum absolute atomic E-state index is 11.7. The van der Waals surface area contributed by atoms with Crippen molar-refractivity contribution in [3.05, 3.63) is 44.8 Å². The molecular formula is C14H19ClN4O2. The second kappa shape index (κ2) is 7.20. The molecule has 0 spiro atoms. The van der Waals surface area contributed by atoms with Crippen molar-refractivity contribution in [3.8, 4) is 0 Å². The van der Waals surface area contributed by atoms with Crippen LogP contribution in [-0.2, 0) is 11.3 Å². The number of hydrogen-bond donors (Lipinski definition) is 1. The topological polar surface area (TPSA) is 87.1 Å². The van der Waals surface area contributed by atoms with Crippen molar-refractivity contribution in [1.82, 2.24) is 5.32 Å². The summed E-state index contributed by atoms with van der Waals surface area (Å²) >= 11 is 5.96. The molecule has 1 amide bonds. The van der Waals surface area contributed by atoms with Crippen LogP contribution in [0.2, 0.25) is 5.02 Å². The molecule has 0 bridgehead atoms. The molecule has 114 valence electrons. The minimum atomic E-state index is -0.550. The fourth-order valence-corrected chi connectivity index (χ4v) is 1.92. The average molecular weight is 311 g/mol. The van der Waals surface area contributed by atoms with E-state index >= 15 is 0 Å². The van der Waals surface area contributed by atoms with Crippen molar-refractivity contribution in [2.45, 2.75) is 45.9 Å². The van der Waals surface area contributed by atoms with Crippen LogP contribution in [0, 0.1) is 0 Å². The minimum Gasteiger partial charge on any atom is -0.444 e. The van der Waals surface area contributed by atoms with Gasteiger partial charge in [0.25, 0.3) is 0 Å². The van der Waals surface area contributed by atoms with Crippen LogP contribution in [-0.4, -0.2) is 11.7 Å². The molecular weight excluding hydrogens is 292 g/mol. The minimum absolute atomic E-state index is 0.271. The number of alkyl carbamates (subject to hydrolysis) is 1. The van der Waals surface area contributed by atoms with Gasteiger partial charge in [-0.25, -0.2) is 4.79 Å². The molecule has 0 fully saturated rings. The van der Waals surface area contributed by atoms with Crippen molar-refractivity contribution >= 4 is 17.7 Å². The van der Waals surface area contributed by atoms with Gasteiger partial charge in [0.05, 0.1) is 6.04 Å². The number of benzene rings is 1. The first-order valence-electron chi connectivity index (χ1n) is 6.52. The van der Waals surface area contributed by atoms with E-state index in [4.69, 9.17) is 21.9 Å². The Balaban J connectivity index is 2.84. The Kier molecular flexibility index (Phi) is 5.88. The summed E-state index contributed by atoms with van der Waals surface area (Å²) in [5, 5.41) is 6.88. The van der Waals surface area contributed by atoms with E-state index in [2.05, 4.69) is 15.3 Å². The van der Waals surface area contributed by atoms with E-state index in [0.717, 1.165) is 11.1 Å². The monoisotopic (exact) mass is 310 g/mol. The largest absolute Gasteiger partial charge is 0.444 e. The SMILES string of the molecule is C[C@@H](N=[N+]=[N-])c1cc(Cl)ccc1CNC(=O)OC(C)(C)C. The number of azide groups is 1. The Bertz CT molecular complexity index is 563. The summed E-state index contributed by atoms with van der Waals surface area (Å²) in [6.45, 7) is 7.42. The molecule has 21 heavy (non-hydrogen) atoms. The van der Waals surface area contributed by atoms with Crippen LogP contribution in [0.3, 0.4) is 0 Å². The molecule has 0 saturated heterocycles. The fraction of sp³-hybridized carbons (Fsp3) is 0.500. The number of hydrogen-bond acceptors (Lipinski definition) is 3. The van der Waals surface area contributed by atoms with Crippen LogP contribution >= 0.6 is 11.6 Å². The zero-order valence-corrected chi connectivity index (χ0v) is 13.3. The number of carbonyl (C=O) groups is 1. The molecule has 1 aromatic carbocycles. The lowest BCUT2D eigenvalue weighted by Gasteiger charge is -2.20. The summed E-state index contributed by atoms with van der Waals surface area (Å²) in [7, 11) is 0. The molecule has 0 aromatic heterocycles. The molecule has 0 heterocycles. The third-order valence-electron chi connectivity index (χ3n) is 2.60. The average Bonchev–Trinajstić information content (AvgIpc) is 2.35. The molecule has 0 aliphatic carbocycles. The van der Waals surface area contributed by atoms with Gasteiger partial charge >= 0.3 is 6.09 Å². The number of halogens is 1. The van der Waals surface area contributed by atoms with Gasteiger partial charge in [-0.3, -0.25) is 0 Å². The Morgan fingerprint density at radius 3 is 2.76 bits per heavy atom. The van der Waals surface area contributed by atoms with Gasteiger partial charge in [-0.15, -0.1) is 0 Å². The van der Waals surface area contributed by atoms with Crippen molar-refractivity contribution in [2.24, 2.45) is 5.11 Å². The lowest BCUT2D eigenvalue weighted by atomic mass is 10.0. The van der Waals surface area contributed by atoms with Crippen LogP contribution < -0.4 is 5.32 Å². The van der Waals surface area contributed by atoms with Crippen LogP contribution in [0.5, 0.6) is 0 Å². The van der Waals surface area contributed by atoms with E-state index in [1.54, 1.807) is 45.9 Å². The standard InChI is InChI=1S/C14H19ClN4O2/c1-9(18-19-16)12-7-11(15)6-5-10(12)8-17-13(20)21-14(2,3)4/h5-7,9H,8H2,1-4H3,(H,17,20)/t9-/m1/s1. The van der Waals surface area contributed by atoms with Gasteiger partial charge in [0, 0.05) is 16.5 Å². The molecule has 0 aliphatic rings. The highest BCUT2D eigenvalue weighted by atomic mass is 35.5. The third-order valence-corrected chi connectivity index (χ3v) is 2.84. The maximum Gasteiger partial charge on any atom is 0.407 e. The molecule has 0 radical (unpaired) electrons. The van der Waals surface area contributed by atoms with E-state index in [0.29, 0.717) is 5.02 Å². The quantitative estimate of drug-likeness (QED) is 0.494. The van der Waals surface area contributed by atoms with Crippen LogP contribution in [0.25, 0.3) is 10.4 Å². The summed E-state index contributed by atoms with van der Waals surface area (Å²) in [6, 6.07) is 4.87. The van der Waals surface area contributed by atoms with E-state index in [9.17, 15) is 4.79 Å². The highest BCUT2D eigenvalue weighted by Crippen LogP contribution is 2.25. The van der Waals surface area contributed by atoms with Crippen molar-refractivity contribution in [2.75, 3.05) is 0 Å². The van der Waals surface area contributed by atoms with Gasteiger partial charge in [0.15, 0.2) is 0 Å². The molecule has 1 rings (SSSR count). The van der Waals surface area contributed by atoms with Gasteiger partial charge in [-0.2, -0.15) is 0 Å². The lowest BCUT2D eigenvalue weighted by molar-refractivity contribution is 0.0523. The van der Waals surface area contributed by atoms with Gasteiger partial charge in [-0.05, 0) is 49.6 Å². The smallest absolute Gasteiger partial charge is 0.407 e. The van der Waals surface area contributed by atoms with Gasteiger partial charge in [-0.1, -0.05) is 29.7 Å². The predicted molar refractivity (Wildman–Crippen MR) is 82.1 cm³/mol. The van der Waals surface area contributed by atoms with Crippen molar-refractivity contribution in [3.63, 3.8) is 0 Å². The summed E-state index contributed by atoms with van der Waals surface area (Å²) in [5.41, 5.74) is 9.59. The fourth-order valence-electron chi connectivity index (χ4n) is 1.74. The van der Waals surface area contributed by atoms with Gasteiger partial charge < -0.3 is 10.1 Å². The first-order chi connectivity index (χ1) is 9.73. The predicted octanol–water partition coefficient (Wildman–Crippen LogP) is 4.74. The number of nitrogens with zero attached hydrogens (tertiary/aromatic N) is 3. The Labute approximate surface area is 129 Å². The van der Waals surface area contributed by atoms with Crippen LogP contribution in [0.15, 0.2) is 23.3 Å². The number of carbonyl (C=O) groups excluding carboxylic acids is 1. The van der Waals surface area contributed by atoms with Crippen LogP contribution in [0.4, 0.5) is 4.79 Å². The molecule has 1 N–H and O–H groups in total. The zero-order valence-electron chi connectivity index (χ0n) is 12.6. The van der Waals surface area contributed by atoms with E-state index in [1.807, 2.05) is 0 Å². The normalized spacial score (nSPS) is 12.2. The first-order valence-corrected chi connectivity index (χ1v) is 6.90. The Morgan fingerprint density at radius 2 is 2.19 bits per heavy atom. The molecule has 0 saturated carbocycles. The highest BCUT2D eigenvalue weighted by Gasteiger charge is 2.17. The molecule has 1 aromatic rings. The molecule has 0 unspecified atom stereocenters. The van der Waals surface area contributed by atoms with Gasteiger partial charge in [0.2, 0.25) is 0 Å². The third kappa shape index (κ3) is 5.94. The molecule has 6 nitrogen and oxygen atoms in total.